The zero-order valence-corrected chi connectivity index (χ0v) is 24.1. The number of carbonyl (C=O) groups is 1. The summed E-state index contributed by atoms with van der Waals surface area (Å²) in [5, 5.41) is 0.362. The van der Waals surface area contributed by atoms with E-state index in [1.54, 1.807) is 71.3 Å². The molecule has 1 amide bonds. The molecule has 3 aromatic rings. The Morgan fingerprint density at radius 3 is 2.46 bits per heavy atom. The van der Waals surface area contributed by atoms with Crippen molar-refractivity contribution < 1.29 is 22.7 Å². The highest BCUT2D eigenvalue weighted by atomic mass is 35.5. The van der Waals surface area contributed by atoms with E-state index < -0.39 is 9.84 Å². The first-order valence-electron chi connectivity index (χ1n) is 13.0. The van der Waals surface area contributed by atoms with Gasteiger partial charge in [0.15, 0.2) is 0 Å². The molecule has 2 aromatic carbocycles. The van der Waals surface area contributed by atoms with Crippen LogP contribution in [-0.4, -0.2) is 80.2 Å². The number of imidazole rings is 1. The lowest BCUT2D eigenvalue weighted by Crippen LogP contribution is -2.43. The van der Waals surface area contributed by atoms with Crippen molar-refractivity contribution in [2.24, 2.45) is 0 Å². The number of rotatable bonds is 11. The van der Waals surface area contributed by atoms with E-state index in [-0.39, 0.29) is 29.4 Å². The number of hydrogen-bond acceptors (Lipinski definition) is 7. The highest BCUT2D eigenvalue weighted by Gasteiger charge is 2.28. The van der Waals surface area contributed by atoms with Crippen LogP contribution in [0.4, 0.5) is 0 Å². The highest BCUT2D eigenvalue weighted by molar-refractivity contribution is 7.90. The number of morpholine rings is 1. The fourth-order valence-electron chi connectivity index (χ4n) is 4.61. The lowest BCUT2D eigenvalue weighted by atomic mass is 10.2. The predicted octanol–water partition coefficient (Wildman–Crippen LogP) is 4.07. The molecule has 0 unspecified atom stereocenters. The molecule has 4 rings (SSSR count). The van der Waals surface area contributed by atoms with Crippen LogP contribution >= 0.6 is 11.6 Å². The van der Waals surface area contributed by atoms with Crippen LogP contribution in [0.1, 0.15) is 41.5 Å². The molecule has 1 fully saturated rings. The third kappa shape index (κ3) is 7.19. The Bertz CT molecular complexity index is 1370. The molecule has 0 radical (unpaired) electrons. The molecule has 1 aliphatic heterocycles. The van der Waals surface area contributed by atoms with Crippen molar-refractivity contribution in [1.29, 1.82) is 0 Å². The number of aromatic nitrogens is 2. The molecule has 9 nitrogen and oxygen atoms in total. The van der Waals surface area contributed by atoms with Gasteiger partial charge in [-0.05, 0) is 49.7 Å². The average molecular weight is 575 g/mol. The van der Waals surface area contributed by atoms with Crippen LogP contribution in [0.15, 0.2) is 59.9 Å². The Hall–Kier alpha value is -2.92. The van der Waals surface area contributed by atoms with Crippen molar-refractivity contribution >= 4 is 27.3 Å². The largest absolute Gasteiger partial charge is 0.497 e. The number of benzene rings is 2. The zero-order chi connectivity index (χ0) is 28.0. The molecule has 0 aliphatic carbocycles. The predicted molar refractivity (Wildman–Crippen MR) is 150 cm³/mol. The summed E-state index contributed by atoms with van der Waals surface area (Å²) in [4.78, 5) is 22.0. The van der Waals surface area contributed by atoms with Gasteiger partial charge in [-0.3, -0.25) is 9.69 Å². The Labute approximate surface area is 235 Å². The summed E-state index contributed by atoms with van der Waals surface area (Å²) >= 11 is 6.25. The minimum absolute atomic E-state index is 0.0301. The number of halogens is 1. The molecule has 39 heavy (non-hydrogen) atoms. The van der Waals surface area contributed by atoms with Crippen LogP contribution in [0.2, 0.25) is 5.02 Å². The third-order valence-electron chi connectivity index (χ3n) is 6.70. The summed E-state index contributed by atoms with van der Waals surface area (Å²) in [5.74, 6) is 0.252. The van der Waals surface area contributed by atoms with Crippen LogP contribution in [0.3, 0.4) is 0 Å². The van der Waals surface area contributed by atoms with Crippen molar-refractivity contribution in [3.8, 4) is 5.75 Å². The summed E-state index contributed by atoms with van der Waals surface area (Å²) in [7, 11) is -2.23. The first-order valence-corrected chi connectivity index (χ1v) is 15.0. The van der Waals surface area contributed by atoms with E-state index in [0.717, 1.165) is 13.1 Å². The molecular weight excluding hydrogens is 540 g/mol. The second kappa shape index (κ2) is 13.0. The summed E-state index contributed by atoms with van der Waals surface area (Å²) in [6, 6.07) is 13.7. The van der Waals surface area contributed by atoms with Crippen LogP contribution in [0, 0.1) is 0 Å². The normalized spacial score (nSPS) is 14.5. The van der Waals surface area contributed by atoms with E-state index in [9.17, 15) is 13.2 Å². The molecule has 0 saturated carbocycles. The van der Waals surface area contributed by atoms with Crippen molar-refractivity contribution in [1.82, 2.24) is 19.4 Å². The van der Waals surface area contributed by atoms with E-state index in [4.69, 9.17) is 21.1 Å². The van der Waals surface area contributed by atoms with E-state index in [1.165, 1.54) is 0 Å². The summed E-state index contributed by atoms with van der Waals surface area (Å²) in [6.07, 6.45) is 1.56. The van der Waals surface area contributed by atoms with Crippen molar-refractivity contribution in [2.45, 2.75) is 37.3 Å². The maximum Gasteiger partial charge on any atom is 0.254 e. The van der Waals surface area contributed by atoms with E-state index in [0.29, 0.717) is 53.9 Å². The van der Waals surface area contributed by atoms with Gasteiger partial charge in [0, 0.05) is 42.8 Å². The summed E-state index contributed by atoms with van der Waals surface area (Å²) in [5.41, 5.74) is 1.69. The molecule has 1 aliphatic rings. The van der Waals surface area contributed by atoms with E-state index >= 15 is 0 Å². The average Bonchev–Trinajstić information content (AvgIpc) is 3.37. The molecule has 11 heteroatoms. The molecule has 210 valence electrons. The molecule has 1 saturated heterocycles. The van der Waals surface area contributed by atoms with Gasteiger partial charge in [-0.15, -0.1) is 0 Å². The molecule has 0 N–H and O–H groups in total. The lowest BCUT2D eigenvalue weighted by Gasteiger charge is -2.30. The second-order valence-corrected chi connectivity index (χ2v) is 12.0. The number of sulfone groups is 1. The van der Waals surface area contributed by atoms with E-state index in [1.807, 2.05) is 13.8 Å². The molecule has 2 heterocycles. The smallest absolute Gasteiger partial charge is 0.254 e. The van der Waals surface area contributed by atoms with Gasteiger partial charge in [0.25, 0.3) is 5.91 Å². The topological polar surface area (TPSA) is 94.0 Å². The minimum atomic E-state index is -3.81. The lowest BCUT2D eigenvalue weighted by molar-refractivity contribution is 0.0319. The number of carbonyl (C=O) groups excluding carboxylic acids is 1. The fourth-order valence-corrected chi connectivity index (χ4v) is 6.53. The molecule has 1 aromatic heterocycles. The maximum atomic E-state index is 13.7. The number of hydrogen-bond donors (Lipinski definition) is 0. The van der Waals surface area contributed by atoms with Gasteiger partial charge < -0.3 is 18.9 Å². The van der Waals surface area contributed by atoms with Gasteiger partial charge in [0.2, 0.25) is 15.0 Å². The number of amides is 1. The Morgan fingerprint density at radius 1 is 1.13 bits per heavy atom. The molecular formula is C28H35ClN4O5S. The standard InChI is InChI=1S/C28H35ClN4O5S/c1-21(2)33-24(18-30-28(33)39(35,36)20-23-6-4-5-7-26(23)29)19-32(13-12-31-14-16-38-17-15-31)27(34)22-8-10-25(37-3)11-9-22/h4-11,18,21H,12-17,19-20H2,1-3H3. The number of methoxy groups -OCH3 is 1. The first-order chi connectivity index (χ1) is 18.7. The van der Waals surface area contributed by atoms with Crippen molar-refractivity contribution in [3.63, 3.8) is 0 Å². The Kier molecular flexibility index (Phi) is 9.66. The van der Waals surface area contributed by atoms with Gasteiger partial charge in [-0.2, -0.15) is 0 Å². The second-order valence-electron chi connectivity index (χ2n) is 9.76. The maximum absolute atomic E-state index is 13.7. The summed E-state index contributed by atoms with van der Waals surface area (Å²) < 4.78 is 39.3. The Morgan fingerprint density at radius 2 is 1.82 bits per heavy atom. The van der Waals surface area contributed by atoms with Crippen LogP contribution in [0.25, 0.3) is 0 Å². The van der Waals surface area contributed by atoms with Crippen LogP contribution in [0.5, 0.6) is 5.75 Å². The van der Waals surface area contributed by atoms with Crippen LogP contribution < -0.4 is 4.74 Å². The molecule has 0 atom stereocenters. The molecule has 0 spiro atoms. The monoisotopic (exact) mass is 574 g/mol. The fraction of sp³-hybridized carbons (Fsp3) is 0.429. The zero-order valence-electron chi connectivity index (χ0n) is 22.5. The number of nitrogens with zero attached hydrogens (tertiary/aromatic N) is 4. The first kappa shape index (κ1) is 29.1. The highest BCUT2D eigenvalue weighted by Crippen LogP contribution is 2.26. The van der Waals surface area contributed by atoms with Gasteiger partial charge in [0.05, 0.1) is 44.5 Å². The van der Waals surface area contributed by atoms with Gasteiger partial charge >= 0.3 is 0 Å². The quantitative estimate of drug-likeness (QED) is 0.341. The van der Waals surface area contributed by atoms with E-state index in [2.05, 4.69) is 9.88 Å². The third-order valence-corrected chi connectivity index (χ3v) is 8.62. The molecule has 0 bridgehead atoms. The number of ether oxygens (including phenoxy) is 2. The van der Waals surface area contributed by atoms with Gasteiger partial charge in [-0.25, -0.2) is 13.4 Å². The van der Waals surface area contributed by atoms with Crippen LogP contribution in [-0.2, 0) is 26.9 Å². The van der Waals surface area contributed by atoms with Gasteiger partial charge in [0.1, 0.15) is 5.75 Å². The van der Waals surface area contributed by atoms with Gasteiger partial charge in [-0.1, -0.05) is 29.8 Å². The van der Waals surface area contributed by atoms with Crippen molar-refractivity contribution in [2.75, 3.05) is 46.5 Å². The van der Waals surface area contributed by atoms with Crippen molar-refractivity contribution in [3.05, 3.63) is 76.6 Å². The minimum Gasteiger partial charge on any atom is -0.497 e. The Balaban J connectivity index is 1.62. The summed E-state index contributed by atoms with van der Waals surface area (Å²) in [6.45, 7) is 8.11. The SMILES string of the molecule is COc1ccc(C(=O)N(CCN2CCOCC2)Cc2cnc(S(=O)(=O)Cc3ccccc3Cl)n2C(C)C)cc1.